The predicted octanol–water partition coefficient (Wildman–Crippen LogP) is 0.236. The summed E-state index contributed by atoms with van der Waals surface area (Å²) in [5.41, 5.74) is 1.78. The maximum Gasteiger partial charge on any atom is 0.186 e. The number of rotatable bonds is 12. The molecule has 3 rings (SSSR count). The molecule has 0 spiro atoms. The molecule has 0 radical (unpaired) electrons. The second kappa shape index (κ2) is 13.2. The van der Waals surface area contributed by atoms with Crippen LogP contribution in [-0.4, -0.2) is 95.4 Å². The lowest BCUT2D eigenvalue weighted by molar-refractivity contribution is -0.304. The van der Waals surface area contributed by atoms with Gasteiger partial charge in [0.25, 0.3) is 0 Å². The van der Waals surface area contributed by atoms with Gasteiger partial charge in [-0.1, -0.05) is 18.2 Å². The van der Waals surface area contributed by atoms with E-state index in [9.17, 15) is 30.6 Å². The summed E-state index contributed by atoms with van der Waals surface area (Å²) < 4.78 is 21.9. The van der Waals surface area contributed by atoms with Crippen molar-refractivity contribution in [3.8, 4) is 17.2 Å². The van der Waals surface area contributed by atoms with Crippen molar-refractivity contribution >= 4 is 0 Å². The molecule has 6 N–H and O–H groups in total. The molecular formula is C26H36O10. The molecule has 10 heteroatoms. The summed E-state index contributed by atoms with van der Waals surface area (Å²) in [6.07, 6.45) is -5.99. The smallest absolute Gasteiger partial charge is 0.186 e. The lowest BCUT2D eigenvalue weighted by Gasteiger charge is -2.40. The van der Waals surface area contributed by atoms with E-state index >= 15 is 0 Å². The van der Waals surface area contributed by atoms with Crippen LogP contribution >= 0.6 is 0 Å². The molecule has 2 aromatic carbocycles. The second-order valence-electron chi connectivity index (χ2n) is 9.00. The van der Waals surface area contributed by atoms with Gasteiger partial charge < -0.3 is 49.6 Å². The first-order valence-electron chi connectivity index (χ1n) is 11.8. The van der Waals surface area contributed by atoms with Crippen molar-refractivity contribution in [3.63, 3.8) is 0 Å². The first kappa shape index (κ1) is 28.1. The van der Waals surface area contributed by atoms with Crippen molar-refractivity contribution in [1.82, 2.24) is 0 Å². The van der Waals surface area contributed by atoms with Crippen LogP contribution in [0.1, 0.15) is 11.1 Å². The molecule has 0 aliphatic carbocycles. The summed E-state index contributed by atoms with van der Waals surface area (Å²) >= 11 is 0. The van der Waals surface area contributed by atoms with Crippen LogP contribution in [0.4, 0.5) is 0 Å². The Labute approximate surface area is 210 Å². The number of methoxy groups -OCH3 is 2. The Morgan fingerprint density at radius 3 is 2.25 bits per heavy atom. The third-order valence-electron chi connectivity index (χ3n) is 6.60. The Morgan fingerprint density at radius 1 is 0.861 bits per heavy atom. The van der Waals surface area contributed by atoms with Crippen molar-refractivity contribution in [3.05, 3.63) is 53.6 Å². The number of hydrogen-bond donors (Lipinski definition) is 6. The molecule has 0 saturated carbocycles. The van der Waals surface area contributed by atoms with Gasteiger partial charge in [0.1, 0.15) is 30.2 Å². The Hall–Kier alpha value is -2.44. The maximum atomic E-state index is 10.4. The zero-order chi connectivity index (χ0) is 26.2. The van der Waals surface area contributed by atoms with Gasteiger partial charge in [-0.15, -0.1) is 0 Å². The van der Waals surface area contributed by atoms with E-state index in [0.29, 0.717) is 24.3 Å². The highest BCUT2D eigenvalue weighted by Crippen LogP contribution is 2.31. The molecule has 2 unspecified atom stereocenters. The molecule has 10 nitrogen and oxygen atoms in total. The molecule has 1 aliphatic rings. The van der Waals surface area contributed by atoms with Crippen molar-refractivity contribution in [2.24, 2.45) is 11.8 Å². The molecule has 0 bridgehead atoms. The van der Waals surface area contributed by atoms with Gasteiger partial charge in [-0.05, 0) is 60.1 Å². The summed E-state index contributed by atoms with van der Waals surface area (Å²) in [6, 6.07) is 12.5. The van der Waals surface area contributed by atoms with E-state index in [1.807, 2.05) is 24.3 Å². The van der Waals surface area contributed by atoms with Crippen molar-refractivity contribution in [1.29, 1.82) is 0 Å². The quantitative estimate of drug-likeness (QED) is 0.234. The van der Waals surface area contributed by atoms with Gasteiger partial charge in [0.15, 0.2) is 17.8 Å². The molecule has 36 heavy (non-hydrogen) atoms. The third kappa shape index (κ3) is 6.86. The first-order chi connectivity index (χ1) is 17.3. The average molecular weight is 509 g/mol. The molecular weight excluding hydrogens is 472 g/mol. The molecule has 200 valence electrons. The largest absolute Gasteiger partial charge is 0.504 e. The van der Waals surface area contributed by atoms with Crippen molar-refractivity contribution in [2.75, 3.05) is 34.0 Å². The summed E-state index contributed by atoms with van der Waals surface area (Å²) in [7, 11) is 3.04. The van der Waals surface area contributed by atoms with Crippen LogP contribution in [0.5, 0.6) is 17.2 Å². The summed E-state index contributed by atoms with van der Waals surface area (Å²) in [5, 5.41) is 60.2. The van der Waals surface area contributed by atoms with Gasteiger partial charge in [0.05, 0.1) is 27.4 Å². The Kier molecular flexibility index (Phi) is 10.3. The number of aliphatic hydroxyl groups is 5. The SMILES string of the molecule is COc1cccc(CC(CO)C(CO[C@@H]2O[C@H](CO)[C@@H](O)[C@H](O)[C@H]2O)Cc2ccc(O)c(OC)c2)c1. The van der Waals surface area contributed by atoms with Gasteiger partial charge >= 0.3 is 0 Å². The van der Waals surface area contributed by atoms with E-state index in [4.69, 9.17) is 18.9 Å². The standard InChI is InChI=1S/C26H36O10/c1-33-19-5-3-4-15(10-19)8-17(12-27)18(9-16-6-7-20(29)21(11-16)34-2)14-35-26-25(32)24(31)23(30)22(13-28)36-26/h3-7,10-11,17-18,22-32H,8-9,12-14H2,1-2H3/t17?,18?,22-,23-,24+,25-,26-/m1/s1. The van der Waals surface area contributed by atoms with E-state index in [1.54, 1.807) is 19.2 Å². The van der Waals surface area contributed by atoms with E-state index in [1.165, 1.54) is 13.2 Å². The molecule has 2 aromatic rings. The van der Waals surface area contributed by atoms with Crippen LogP contribution in [0, 0.1) is 11.8 Å². The maximum absolute atomic E-state index is 10.4. The monoisotopic (exact) mass is 508 g/mol. The normalized spacial score (nSPS) is 25.8. The predicted molar refractivity (Wildman–Crippen MR) is 129 cm³/mol. The van der Waals surface area contributed by atoms with Gasteiger partial charge in [-0.2, -0.15) is 0 Å². The van der Waals surface area contributed by atoms with E-state index in [2.05, 4.69) is 0 Å². The molecule has 7 atom stereocenters. The van der Waals surface area contributed by atoms with E-state index in [-0.39, 0.29) is 30.8 Å². The highest BCUT2D eigenvalue weighted by atomic mass is 16.7. The molecule has 0 amide bonds. The van der Waals surface area contributed by atoms with Crippen LogP contribution in [-0.2, 0) is 22.3 Å². The summed E-state index contributed by atoms with van der Waals surface area (Å²) in [6.45, 7) is -0.688. The number of benzene rings is 2. The highest BCUT2D eigenvalue weighted by molar-refractivity contribution is 5.42. The van der Waals surface area contributed by atoms with Gasteiger partial charge in [-0.25, -0.2) is 0 Å². The number of aromatic hydroxyl groups is 1. The Balaban J connectivity index is 1.81. The zero-order valence-electron chi connectivity index (χ0n) is 20.4. The van der Waals surface area contributed by atoms with Crippen LogP contribution in [0.25, 0.3) is 0 Å². The number of phenolic OH excluding ortho intramolecular Hbond substituents is 1. The minimum absolute atomic E-state index is 0.00505. The number of hydrogen-bond acceptors (Lipinski definition) is 10. The van der Waals surface area contributed by atoms with Gasteiger partial charge in [-0.3, -0.25) is 0 Å². The fraction of sp³-hybridized carbons (Fsp3) is 0.538. The van der Waals surface area contributed by atoms with Crippen LogP contribution in [0.3, 0.4) is 0 Å². The Morgan fingerprint density at radius 2 is 1.58 bits per heavy atom. The van der Waals surface area contributed by atoms with E-state index in [0.717, 1.165) is 11.1 Å². The van der Waals surface area contributed by atoms with Crippen LogP contribution in [0.15, 0.2) is 42.5 Å². The molecule has 1 aliphatic heterocycles. The summed E-state index contributed by atoms with van der Waals surface area (Å²) in [4.78, 5) is 0. The fourth-order valence-corrected chi connectivity index (χ4v) is 4.42. The van der Waals surface area contributed by atoms with Gasteiger partial charge in [0, 0.05) is 6.61 Å². The topological polar surface area (TPSA) is 158 Å². The van der Waals surface area contributed by atoms with Crippen molar-refractivity contribution < 1.29 is 49.6 Å². The van der Waals surface area contributed by atoms with Crippen LogP contribution in [0.2, 0.25) is 0 Å². The lowest BCUT2D eigenvalue weighted by Crippen LogP contribution is -2.59. The minimum Gasteiger partial charge on any atom is -0.504 e. The number of phenols is 1. The number of aliphatic hydroxyl groups excluding tert-OH is 5. The third-order valence-corrected chi connectivity index (χ3v) is 6.60. The van der Waals surface area contributed by atoms with Gasteiger partial charge in [0.2, 0.25) is 0 Å². The second-order valence-corrected chi connectivity index (χ2v) is 9.00. The molecule has 1 heterocycles. The van der Waals surface area contributed by atoms with Crippen LogP contribution < -0.4 is 9.47 Å². The fourth-order valence-electron chi connectivity index (χ4n) is 4.42. The Bertz CT molecular complexity index is 952. The first-order valence-corrected chi connectivity index (χ1v) is 11.8. The molecule has 1 fully saturated rings. The molecule has 1 saturated heterocycles. The van der Waals surface area contributed by atoms with Crippen molar-refractivity contribution in [2.45, 2.75) is 43.5 Å². The molecule has 0 aromatic heterocycles. The number of ether oxygens (including phenoxy) is 4. The lowest BCUT2D eigenvalue weighted by atomic mass is 9.83. The minimum atomic E-state index is -1.55. The average Bonchev–Trinajstić information content (AvgIpc) is 2.90. The summed E-state index contributed by atoms with van der Waals surface area (Å²) in [5.74, 6) is 0.450. The zero-order valence-corrected chi connectivity index (χ0v) is 20.4. The highest BCUT2D eigenvalue weighted by Gasteiger charge is 2.44. The van der Waals surface area contributed by atoms with E-state index < -0.39 is 37.3 Å².